The SMILES string of the molecule is N#Cc1c(N)sc(/N=N/c2ccc3cc(S(=O)(=O)Nc4cc(S(=O)(=O)O)c5cc(S(=O)(=O)O)cc(S(=O)(=O)O)c5c4)ccc3c2)c1-c1ccc2ccccc2c1. The van der Waals surface area contributed by atoms with Crippen LogP contribution in [0.5, 0.6) is 0 Å². The van der Waals surface area contributed by atoms with Crippen LogP contribution in [0, 0.1) is 11.3 Å². The molecular formula is C35H23N5O11S5. The number of azo groups is 1. The highest BCUT2D eigenvalue weighted by atomic mass is 32.2. The summed E-state index contributed by atoms with van der Waals surface area (Å²) in [5.41, 5.74) is 7.48. The fraction of sp³-hybridized carbons (Fsp3) is 0. The highest BCUT2D eigenvalue weighted by Gasteiger charge is 2.27. The number of benzene rings is 6. The summed E-state index contributed by atoms with van der Waals surface area (Å²) in [6.45, 7) is 0. The Hall–Kier alpha value is -5.83. The molecule has 0 radical (unpaired) electrons. The zero-order valence-electron chi connectivity index (χ0n) is 27.9. The Morgan fingerprint density at radius 1 is 0.625 bits per heavy atom. The van der Waals surface area contributed by atoms with Crippen molar-refractivity contribution >= 4 is 105 Å². The molecule has 0 aliphatic carbocycles. The Bertz CT molecular complexity index is 3360. The van der Waals surface area contributed by atoms with Gasteiger partial charge in [-0.2, -0.15) is 30.5 Å². The Morgan fingerprint density at radius 2 is 1.23 bits per heavy atom. The summed E-state index contributed by atoms with van der Waals surface area (Å²) in [6, 6.07) is 26.6. The summed E-state index contributed by atoms with van der Waals surface area (Å²) >= 11 is 1.10. The maximum Gasteiger partial charge on any atom is 0.295 e. The van der Waals surface area contributed by atoms with E-state index in [0.717, 1.165) is 33.7 Å². The van der Waals surface area contributed by atoms with Gasteiger partial charge in [0, 0.05) is 16.3 Å². The molecule has 7 aromatic rings. The van der Waals surface area contributed by atoms with Crippen molar-refractivity contribution in [3.8, 4) is 17.2 Å². The van der Waals surface area contributed by atoms with Gasteiger partial charge in [-0.1, -0.05) is 59.9 Å². The number of hydrogen-bond donors (Lipinski definition) is 5. The van der Waals surface area contributed by atoms with Gasteiger partial charge >= 0.3 is 0 Å². The topological polar surface area (TPSA) is 284 Å². The molecule has 7 rings (SSSR count). The Morgan fingerprint density at radius 3 is 1.91 bits per heavy atom. The Kier molecular flexibility index (Phi) is 9.42. The minimum absolute atomic E-state index is 0.267. The van der Waals surface area contributed by atoms with E-state index in [1.807, 2.05) is 42.5 Å². The van der Waals surface area contributed by atoms with Crippen LogP contribution in [0.4, 0.5) is 21.4 Å². The highest BCUT2D eigenvalue weighted by molar-refractivity contribution is 7.92. The average Bonchev–Trinajstić information content (AvgIpc) is 3.45. The van der Waals surface area contributed by atoms with E-state index in [1.54, 1.807) is 18.2 Å². The summed E-state index contributed by atoms with van der Waals surface area (Å²) in [4.78, 5) is -3.80. The molecule has 16 nitrogen and oxygen atoms in total. The van der Waals surface area contributed by atoms with Crippen LogP contribution in [0.15, 0.2) is 133 Å². The zero-order chi connectivity index (χ0) is 40.4. The molecule has 0 unspecified atom stereocenters. The van der Waals surface area contributed by atoms with E-state index in [2.05, 4.69) is 21.0 Å². The first-order chi connectivity index (χ1) is 26.2. The van der Waals surface area contributed by atoms with E-state index in [9.17, 15) is 52.6 Å². The van der Waals surface area contributed by atoms with Crippen molar-refractivity contribution in [3.63, 3.8) is 0 Å². The molecule has 0 amide bonds. The number of hydrogen-bond acceptors (Lipinski definition) is 13. The van der Waals surface area contributed by atoms with Gasteiger partial charge in [0.2, 0.25) is 0 Å². The van der Waals surface area contributed by atoms with Gasteiger partial charge in [0.1, 0.15) is 25.9 Å². The number of nitriles is 1. The van der Waals surface area contributed by atoms with Gasteiger partial charge < -0.3 is 5.73 Å². The molecule has 56 heavy (non-hydrogen) atoms. The smallest absolute Gasteiger partial charge is 0.295 e. The Labute approximate surface area is 322 Å². The quantitative estimate of drug-likeness (QED) is 0.0706. The van der Waals surface area contributed by atoms with Crippen molar-refractivity contribution in [1.82, 2.24) is 0 Å². The van der Waals surface area contributed by atoms with Crippen LogP contribution >= 0.6 is 11.3 Å². The van der Waals surface area contributed by atoms with Gasteiger partial charge in [0.15, 0.2) is 0 Å². The molecule has 0 fully saturated rings. The first-order valence-electron chi connectivity index (χ1n) is 15.6. The third-order valence-corrected chi connectivity index (χ3v) is 13.4. The van der Waals surface area contributed by atoms with Gasteiger partial charge in [-0.05, 0) is 81.7 Å². The molecule has 0 aliphatic heterocycles. The molecular weight excluding hydrogens is 827 g/mol. The number of rotatable bonds is 9. The normalized spacial score (nSPS) is 12.8. The summed E-state index contributed by atoms with van der Waals surface area (Å²) in [7, 11) is -20.4. The fourth-order valence-electron chi connectivity index (χ4n) is 5.99. The predicted octanol–water partition coefficient (Wildman–Crippen LogP) is 7.28. The molecule has 6 aromatic carbocycles. The van der Waals surface area contributed by atoms with Crippen molar-refractivity contribution < 1.29 is 47.3 Å². The molecule has 1 aromatic heterocycles. The van der Waals surface area contributed by atoms with Gasteiger partial charge in [-0.15, -0.1) is 10.2 Å². The van der Waals surface area contributed by atoms with Crippen molar-refractivity contribution in [2.45, 2.75) is 19.6 Å². The van der Waals surface area contributed by atoms with Gasteiger partial charge in [-0.25, -0.2) is 8.42 Å². The molecule has 0 saturated heterocycles. The number of nitrogens with two attached hydrogens (primary N) is 1. The third kappa shape index (κ3) is 7.42. The zero-order valence-corrected chi connectivity index (χ0v) is 32.0. The summed E-state index contributed by atoms with van der Waals surface area (Å²) in [5, 5.41) is 20.7. The number of thiophene rings is 1. The molecule has 0 atom stereocenters. The second-order valence-electron chi connectivity index (χ2n) is 12.1. The number of anilines is 2. The number of sulfonamides is 1. The largest absolute Gasteiger partial charge is 0.389 e. The van der Waals surface area contributed by atoms with E-state index >= 15 is 0 Å². The minimum Gasteiger partial charge on any atom is -0.389 e. The molecule has 0 aliphatic rings. The van der Waals surface area contributed by atoms with Crippen LogP contribution in [0.1, 0.15) is 5.56 Å². The lowest BCUT2D eigenvalue weighted by Crippen LogP contribution is -2.14. The maximum absolute atomic E-state index is 13.5. The van der Waals surface area contributed by atoms with Crippen LogP contribution in [0.3, 0.4) is 0 Å². The van der Waals surface area contributed by atoms with E-state index in [4.69, 9.17) is 5.73 Å². The molecule has 0 spiro atoms. The van der Waals surface area contributed by atoms with Crippen molar-refractivity contribution in [2.24, 2.45) is 10.2 Å². The molecule has 1 heterocycles. The lowest BCUT2D eigenvalue weighted by Gasteiger charge is -2.14. The second-order valence-corrected chi connectivity index (χ2v) is 19.0. The summed E-state index contributed by atoms with van der Waals surface area (Å²) < 4.78 is 131. The lowest BCUT2D eigenvalue weighted by molar-refractivity contribution is 0.478. The van der Waals surface area contributed by atoms with E-state index in [0.29, 0.717) is 45.2 Å². The first kappa shape index (κ1) is 38.4. The van der Waals surface area contributed by atoms with Crippen molar-refractivity contribution in [1.29, 1.82) is 5.26 Å². The number of nitrogens with zero attached hydrogens (tertiary/aromatic N) is 3. The van der Waals surface area contributed by atoms with Crippen LogP contribution < -0.4 is 10.5 Å². The van der Waals surface area contributed by atoms with Gasteiger partial charge in [-0.3, -0.25) is 18.4 Å². The van der Waals surface area contributed by atoms with E-state index in [1.165, 1.54) is 18.2 Å². The highest BCUT2D eigenvalue weighted by Crippen LogP contribution is 2.45. The number of fused-ring (bicyclic) bond motifs is 3. The minimum atomic E-state index is -5.32. The summed E-state index contributed by atoms with van der Waals surface area (Å²) in [5.74, 6) is 0. The molecule has 0 bridgehead atoms. The molecule has 6 N–H and O–H groups in total. The maximum atomic E-state index is 13.5. The van der Waals surface area contributed by atoms with Crippen molar-refractivity contribution in [2.75, 3.05) is 10.5 Å². The average molecular weight is 850 g/mol. The first-order valence-corrected chi connectivity index (χ1v) is 22.2. The van der Waals surface area contributed by atoms with E-state index < -0.39 is 71.5 Å². The van der Waals surface area contributed by atoms with Crippen LogP contribution in [-0.4, -0.2) is 47.3 Å². The van der Waals surface area contributed by atoms with Crippen LogP contribution in [0.25, 0.3) is 43.4 Å². The Balaban J connectivity index is 1.23. The fourth-order valence-corrected chi connectivity index (χ4v) is 9.98. The van der Waals surface area contributed by atoms with Gasteiger partial charge in [0.05, 0.1) is 26.7 Å². The number of nitrogens with one attached hydrogen (secondary N) is 1. The summed E-state index contributed by atoms with van der Waals surface area (Å²) in [6.07, 6.45) is 0. The third-order valence-electron chi connectivity index (χ3n) is 8.50. The van der Waals surface area contributed by atoms with Crippen LogP contribution in [0.2, 0.25) is 0 Å². The van der Waals surface area contributed by atoms with E-state index in [-0.39, 0.29) is 15.5 Å². The molecule has 21 heteroatoms. The van der Waals surface area contributed by atoms with Gasteiger partial charge in [0.25, 0.3) is 40.4 Å². The standard InChI is InChI=1S/C35H23N5O11S5/c36-18-30-33(23-6-5-19-3-1-2-4-20(19)11-23)35(52-34(30)37)39-38-24-9-7-22-13-26(10-8-21(22)12-24)53(41,42)40-25-14-28-29(31(15-25)55(46,47)48)16-27(54(43,44)45)17-32(28)56(49,50)51/h1-17,40H,37H2,(H,43,44,45)(H,46,47,48)(H,49,50,51)/b39-38+. The predicted molar refractivity (Wildman–Crippen MR) is 209 cm³/mol. The van der Waals surface area contributed by atoms with Crippen LogP contribution in [-0.2, 0) is 40.4 Å². The van der Waals surface area contributed by atoms with Crippen molar-refractivity contribution in [3.05, 3.63) is 109 Å². The number of nitrogen functional groups attached to an aromatic ring is 1. The second kappa shape index (κ2) is 13.7. The monoisotopic (exact) mass is 849 g/mol. The molecule has 0 saturated carbocycles. The lowest BCUT2D eigenvalue weighted by atomic mass is 10.00. The molecule has 284 valence electrons.